The molecule has 23 heavy (non-hydrogen) atoms. The highest BCUT2D eigenvalue weighted by atomic mass is 35.5. The number of benzene rings is 2. The third-order valence-corrected chi connectivity index (χ3v) is 3.64. The summed E-state index contributed by atoms with van der Waals surface area (Å²) >= 11 is 11.5. The molecule has 0 aliphatic rings. The zero-order valence-corrected chi connectivity index (χ0v) is 13.8. The van der Waals surface area contributed by atoms with Crippen LogP contribution in [0, 0.1) is 0 Å². The monoisotopic (exact) mass is 350 g/mol. The number of carbonyl (C=O) groups excluding carboxylic acids is 2. The Bertz CT molecular complexity index is 610. The molecule has 0 aliphatic heterocycles. The number of nitrogens with one attached hydrogen (secondary N) is 2. The summed E-state index contributed by atoms with van der Waals surface area (Å²) in [5.74, 6) is -0.323. The molecule has 2 rings (SSSR count). The molecule has 0 aliphatic carbocycles. The first-order valence-corrected chi connectivity index (χ1v) is 7.89. The van der Waals surface area contributed by atoms with Crippen LogP contribution in [0.3, 0.4) is 0 Å². The van der Waals surface area contributed by atoms with Crippen molar-refractivity contribution < 1.29 is 9.59 Å². The van der Waals surface area contributed by atoms with Crippen LogP contribution in [0.25, 0.3) is 0 Å². The number of hydrogen-bond donors (Lipinski definition) is 2. The molecule has 2 aromatic carbocycles. The van der Waals surface area contributed by atoms with Gasteiger partial charge in [0, 0.05) is 34.3 Å². The van der Waals surface area contributed by atoms with Crippen LogP contribution in [0.2, 0.25) is 10.0 Å². The molecule has 0 unspecified atom stereocenters. The molecule has 0 radical (unpaired) electrons. The van der Waals surface area contributed by atoms with Gasteiger partial charge < -0.3 is 10.6 Å². The third kappa shape index (κ3) is 5.58. The molecule has 6 heteroatoms. The van der Waals surface area contributed by atoms with Crippen LogP contribution < -0.4 is 10.6 Å². The molecular weight excluding hydrogens is 335 g/mol. The number of halogens is 2. The minimum absolute atomic E-state index is 0.161. The van der Waals surface area contributed by atoms with Crippen molar-refractivity contribution in [2.24, 2.45) is 0 Å². The van der Waals surface area contributed by atoms with Crippen LogP contribution in [0.5, 0.6) is 0 Å². The van der Waals surface area contributed by atoms with Crippen molar-refractivity contribution in [3.05, 3.63) is 69.7 Å². The number of amides is 2. The van der Waals surface area contributed by atoms with Gasteiger partial charge in [0.05, 0.1) is 0 Å². The largest absolute Gasteiger partial charge is 0.352 e. The van der Waals surface area contributed by atoms with Gasteiger partial charge in [-0.15, -0.1) is 0 Å². The van der Waals surface area contributed by atoms with Gasteiger partial charge in [-0.2, -0.15) is 0 Å². The Balaban J connectivity index is 1.67. The minimum Gasteiger partial charge on any atom is -0.352 e. The normalized spacial score (nSPS) is 10.2. The van der Waals surface area contributed by atoms with Gasteiger partial charge in [0.1, 0.15) is 0 Å². The summed E-state index contributed by atoms with van der Waals surface area (Å²) in [5.41, 5.74) is 1.11. The predicted molar refractivity (Wildman–Crippen MR) is 92.2 cm³/mol. The van der Waals surface area contributed by atoms with E-state index < -0.39 is 0 Å². The first-order valence-electron chi connectivity index (χ1n) is 7.14. The van der Waals surface area contributed by atoms with Gasteiger partial charge in [0.2, 0.25) is 0 Å². The van der Waals surface area contributed by atoms with E-state index in [1.165, 1.54) is 0 Å². The van der Waals surface area contributed by atoms with Gasteiger partial charge in [-0.3, -0.25) is 9.59 Å². The van der Waals surface area contributed by atoms with E-state index in [4.69, 9.17) is 23.2 Å². The third-order valence-electron chi connectivity index (χ3n) is 3.14. The molecule has 2 amide bonds. The summed E-state index contributed by atoms with van der Waals surface area (Å²) in [4.78, 5) is 23.7. The van der Waals surface area contributed by atoms with Gasteiger partial charge in [-0.1, -0.05) is 23.2 Å². The summed E-state index contributed by atoms with van der Waals surface area (Å²) in [5, 5.41) is 6.76. The van der Waals surface area contributed by atoms with E-state index >= 15 is 0 Å². The van der Waals surface area contributed by atoms with Crippen molar-refractivity contribution in [1.82, 2.24) is 10.6 Å². The van der Waals surface area contributed by atoms with E-state index in [2.05, 4.69) is 10.6 Å². The van der Waals surface area contributed by atoms with Crippen molar-refractivity contribution >= 4 is 35.0 Å². The molecule has 0 aromatic heterocycles. The Hall–Kier alpha value is -2.04. The van der Waals surface area contributed by atoms with Crippen molar-refractivity contribution in [2.75, 3.05) is 13.1 Å². The number of carbonyl (C=O) groups is 2. The molecule has 2 N–H and O–H groups in total. The summed E-state index contributed by atoms with van der Waals surface area (Å²) < 4.78 is 0. The first kappa shape index (κ1) is 17.3. The van der Waals surface area contributed by atoms with Crippen LogP contribution in [-0.4, -0.2) is 24.9 Å². The van der Waals surface area contributed by atoms with Crippen LogP contribution in [0.4, 0.5) is 0 Å². The summed E-state index contributed by atoms with van der Waals surface area (Å²) in [6.45, 7) is 0.949. The summed E-state index contributed by atoms with van der Waals surface area (Å²) in [7, 11) is 0. The van der Waals surface area contributed by atoms with Crippen LogP contribution in [-0.2, 0) is 0 Å². The molecule has 0 bridgehead atoms. The molecule has 0 atom stereocenters. The lowest BCUT2D eigenvalue weighted by Crippen LogP contribution is -2.29. The molecule has 120 valence electrons. The lowest BCUT2D eigenvalue weighted by atomic mass is 10.2. The quantitative estimate of drug-likeness (QED) is 0.782. The number of hydrogen-bond acceptors (Lipinski definition) is 2. The fourth-order valence-corrected chi connectivity index (χ4v) is 2.15. The van der Waals surface area contributed by atoms with Crippen molar-refractivity contribution in [1.29, 1.82) is 0 Å². The molecule has 0 spiro atoms. The van der Waals surface area contributed by atoms with E-state index in [0.29, 0.717) is 40.7 Å². The fourth-order valence-electron chi connectivity index (χ4n) is 1.90. The van der Waals surface area contributed by atoms with Gasteiger partial charge in [0.15, 0.2) is 0 Å². The first-order chi connectivity index (χ1) is 11.1. The van der Waals surface area contributed by atoms with Crippen LogP contribution in [0.15, 0.2) is 48.5 Å². The van der Waals surface area contributed by atoms with E-state index in [-0.39, 0.29) is 11.8 Å². The predicted octanol–water partition coefficient (Wildman–Crippen LogP) is 3.54. The second-order valence-corrected chi connectivity index (χ2v) is 5.75. The Kier molecular flexibility index (Phi) is 6.44. The maximum Gasteiger partial charge on any atom is 0.251 e. The van der Waals surface area contributed by atoms with E-state index in [0.717, 1.165) is 0 Å². The van der Waals surface area contributed by atoms with Crippen molar-refractivity contribution in [3.63, 3.8) is 0 Å². The standard InChI is InChI=1S/C17H16Cl2N2O2/c18-14-6-2-12(3-7-14)16(22)20-10-1-11-21-17(23)13-4-8-15(19)9-5-13/h2-9H,1,10-11H2,(H,20,22)(H,21,23). The molecule has 0 fully saturated rings. The second kappa shape index (κ2) is 8.56. The Morgan fingerprint density at radius 3 is 1.39 bits per heavy atom. The summed E-state index contributed by atoms with van der Waals surface area (Å²) in [6.07, 6.45) is 0.638. The molecule has 0 heterocycles. The zero-order valence-electron chi connectivity index (χ0n) is 12.3. The molecule has 0 saturated carbocycles. The van der Waals surface area contributed by atoms with Gasteiger partial charge in [-0.05, 0) is 55.0 Å². The van der Waals surface area contributed by atoms with Crippen molar-refractivity contribution in [3.8, 4) is 0 Å². The number of rotatable bonds is 6. The van der Waals surface area contributed by atoms with Crippen LogP contribution >= 0.6 is 23.2 Å². The van der Waals surface area contributed by atoms with E-state index in [1.54, 1.807) is 48.5 Å². The van der Waals surface area contributed by atoms with E-state index in [9.17, 15) is 9.59 Å². The van der Waals surface area contributed by atoms with Gasteiger partial charge >= 0.3 is 0 Å². The van der Waals surface area contributed by atoms with E-state index in [1.807, 2.05) is 0 Å². The highest BCUT2D eigenvalue weighted by Crippen LogP contribution is 2.10. The minimum atomic E-state index is -0.161. The fraction of sp³-hybridized carbons (Fsp3) is 0.176. The molecule has 4 nitrogen and oxygen atoms in total. The van der Waals surface area contributed by atoms with Gasteiger partial charge in [0.25, 0.3) is 11.8 Å². The summed E-state index contributed by atoms with van der Waals surface area (Å²) in [6, 6.07) is 13.3. The highest BCUT2D eigenvalue weighted by Gasteiger charge is 2.06. The zero-order chi connectivity index (χ0) is 16.7. The van der Waals surface area contributed by atoms with Crippen molar-refractivity contribution in [2.45, 2.75) is 6.42 Å². The molecule has 2 aromatic rings. The Morgan fingerprint density at radius 2 is 1.04 bits per heavy atom. The smallest absolute Gasteiger partial charge is 0.251 e. The maximum absolute atomic E-state index is 11.9. The Morgan fingerprint density at radius 1 is 0.696 bits per heavy atom. The average molecular weight is 351 g/mol. The van der Waals surface area contributed by atoms with Crippen LogP contribution in [0.1, 0.15) is 27.1 Å². The highest BCUT2D eigenvalue weighted by molar-refractivity contribution is 6.31. The van der Waals surface area contributed by atoms with Gasteiger partial charge in [-0.25, -0.2) is 0 Å². The molecule has 0 saturated heterocycles. The Labute approximate surface area is 144 Å². The molecular formula is C17H16Cl2N2O2. The topological polar surface area (TPSA) is 58.2 Å². The average Bonchev–Trinajstić information content (AvgIpc) is 2.55. The SMILES string of the molecule is O=C(NCCCNC(=O)c1ccc(Cl)cc1)c1ccc(Cl)cc1. The lowest BCUT2D eigenvalue weighted by Gasteiger charge is -2.07. The second-order valence-electron chi connectivity index (χ2n) is 4.88. The lowest BCUT2D eigenvalue weighted by molar-refractivity contribution is 0.0952. The maximum atomic E-state index is 11.9.